The summed E-state index contributed by atoms with van der Waals surface area (Å²) in [7, 11) is 0. The second kappa shape index (κ2) is 5.21. The first-order chi connectivity index (χ1) is 9.81. The average molecular weight is 313 g/mol. The number of oxazole rings is 1. The molecule has 2 N–H and O–H groups in total. The Balaban J connectivity index is 2.68. The second-order valence-corrected chi connectivity index (χ2v) is 4.16. The highest BCUT2D eigenvalue weighted by molar-refractivity contribution is 6.30. The second-order valence-electron chi connectivity index (χ2n) is 3.73. The van der Waals surface area contributed by atoms with Crippen LogP contribution in [0.2, 0.25) is 5.02 Å². The zero-order valence-corrected chi connectivity index (χ0v) is 10.7. The Hall–Kier alpha value is -2.94. The summed E-state index contributed by atoms with van der Waals surface area (Å²) in [4.78, 5) is 35.5. The van der Waals surface area contributed by atoms with Crippen LogP contribution in [0.3, 0.4) is 0 Å². The zero-order chi connectivity index (χ0) is 15.7. The van der Waals surface area contributed by atoms with E-state index in [1.165, 1.54) is 12.1 Å². The number of benzene rings is 1. The number of nitrogens with zero attached hydrogens (tertiary/aromatic N) is 2. The van der Waals surface area contributed by atoms with Gasteiger partial charge in [0.2, 0.25) is 17.3 Å². The first-order valence-corrected chi connectivity index (χ1v) is 5.60. The number of hydrogen-bond donors (Lipinski definition) is 2. The smallest absolute Gasteiger partial charge is 0.374 e. The van der Waals surface area contributed by atoms with Crippen LogP contribution in [0, 0.1) is 10.1 Å². The first kappa shape index (κ1) is 14.5. The van der Waals surface area contributed by atoms with Crippen molar-refractivity contribution in [2.24, 2.45) is 0 Å². The molecule has 0 aliphatic heterocycles. The molecule has 9 nitrogen and oxygen atoms in total. The molecule has 10 heteroatoms. The van der Waals surface area contributed by atoms with Gasteiger partial charge in [-0.15, -0.1) is 0 Å². The number of carboxylic acid groups (broad SMARTS) is 2. The van der Waals surface area contributed by atoms with Crippen LogP contribution in [0.25, 0.3) is 11.5 Å². The molecular formula is C11H5ClN2O7. The van der Waals surface area contributed by atoms with Gasteiger partial charge in [-0.3, -0.25) is 10.1 Å². The fourth-order valence-electron chi connectivity index (χ4n) is 1.56. The zero-order valence-electron chi connectivity index (χ0n) is 9.94. The van der Waals surface area contributed by atoms with E-state index in [2.05, 4.69) is 4.98 Å². The number of rotatable bonds is 4. The number of halogens is 1. The van der Waals surface area contributed by atoms with E-state index in [-0.39, 0.29) is 10.6 Å². The molecule has 0 radical (unpaired) electrons. The largest absolute Gasteiger partial charge is 0.476 e. The van der Waals surface area contributed by atoms with Gasteiger partial charge in [0, 0.05) is 11.1 Å². The van der Waals surface area contributed by atoms with Crippen molar-refractivity contribution in [3.8, 4) is 11.5 Å². The van der Waals surface area contributed by atoms with Crippen molar-refractivity contribution in [2.75, 3.05) is 0 Å². The van der Waals surface area contributed by atoms with Crippen molar-refractivity contribution >= 4 is 29.2 Å². The first-order valence-electron chi connectivity index (χ1n) is 5.23. The third-order valence-corrected chi connectivity index (χ3v) is 2.65. The number of carboxylic acids is 2. The van der Waals surface area contributed by atoms with Gasteiger partial charge in [0.25, 0.3) is 5.69 Å². The normalized spacial score (nSPS) is 10.3. The highest BCUT2D eigenvalue weighted by atomic mass is 35.5. The number of hydrogen-bond acceptors (Lipinski definition) is 6. The molecule has 21 heavy (non-hydrogen) atoms. The molecule has 2 rings (SSSR count). The lowest BCUT2D eigenvalue weighted by Gasteiger charge is -1.98. The van der Waals surface area contributed by atoms with Crippen molar-refractivity contribution < 1.29 is 29.1 Å². The number of nitro benzene ring substituents is 1. The van der Waals surface area contributed by atoms with E-state index >= 15 is 0 Å². The van der Waals surface area contributed by atoms with Crippen LogP contribution >= 0.6 is 11.6 Å². The molecule has 108 valence electrons. The molecule has 0 atom stereocenters. The highest BCUT2D eigenvalue weighted by Gasteiger charge is 2.28. The monoisotopic (exact) mass is 312 g/mol. The Labute approximate surface area is 120 Å². The highest BCUT2D eigenvalue weighted by Crippen LogP contribution is 2.32. The van der Waals surface area contributed by atoms with E-state index in [1.54, 1.807) is 0 Å². The van der Waals surface area contributed by atoms with Gasteiger partial charge in [-0.05, 0) is 12.1 Å². The lowest BCUT2D eigenvalue weighted by Crippen LogP contribution is -2.05. The van der Waals surface area contributed by atoms with Gasteiger partial charge in [0.05, 0.1) is 4.92 Å². The van der Waals surface area contributed by atoms with Crippen LogP contribution in [0.5, 0.6) is 0 Å². The van der Waals surface area contributed by atoms with E-state index in [0.29, 0.717) is 0 Å². The van der Waals surface area contributed by atoms with Gasteiger partial charge >= 0.3 is 11.9 Å². The van der Waals surface area contributed by atoms with Crippen LogP contribution < -0.4 is 0 Å². The Kier molecular flexibility index (Phi) is 3.59. The lowest BCUT2D eigenvalue weighted by atomic mass is 10.2. The van der Waals surface area contributed by atoms with Crippen LogP contribution in [0.1, 0.15) is 21.0 Å². The predicted octanol–water partition coefficient (Wildman–Crippen LogP) is 2.30. The number of aromatic carboxylic acids is 2. The van der Waals surface area contributed by atoms with Crippen LogP contribution in [-0.2, 0) is 0 Å². The van der Waals surface area contributed by atoms with Crippen LogP contribution in [-0.4, -0.2) is 32.1 Å². The molecular weight excluding hydrogens is 308 g/mol. The summed E-state index contributed by atoms with van der Waals surface area (Å²) >= 11 is 5.64. The minimum absolute atomic E-state index is 0.0777. The maximum Gasteiger partial charge on any atom is 0.374 e. The third-order valence-electron chi connectivity index (χ3n) is 2.41. The van der Waals surface area contributed by atoms with Crippen molar-refractivity contribution in [1.29, 1.82) is 0 Å². The van der Waals surface area contributed by atoms with Crippen molar-refractivity contribution in [1.82, 2.24) is 4.98 Å². The Morgan fingerprint density at radius 2 is 1.95 bits per heavy atom. The van der Waals surface area contributed by atoms with Crippen LogP contribution in [0.15, 0.2) is 22.6 Å². The fourth-order valence-corrected chi connectivity index (χ4v) is 1.73. The summed E-state index contributed by atoms with van der Waals surface area (Å²) in [6.45, 7) is 0. The minimum Gasteiger partial charge on any atom is -0.476 e. The van der Waals surface area contributed by atoms with Crippen molar-refractivity contribution in [3.05, 3.63) is 44.8 Å². The molecule has 0 saturated carbocycles. The van der Waals surface area contributed by atoms with Gasteiger partial charge < -0.3 is 14.6 Å². The van der Waals surface area contributed by atoms with E-state index in [4.69, 9.17) is 26.2 Å². The molecule has 0 aliphatic carbocycles. The van der Waals surface area contributed by atoms with Gasteiger partial charge in [0.1, 0.15) is 5.56 Å². The van der Waals surface area contributed by atoms with Crippen molar-refractivity contribution in [2.45, 2.75) is 0 Å². The molecule has 1 aromatic carbocycles. The molecule has 0 spiro atoms. The molecule has 0 unspecified atom stereocenters. The molecule has 0 saturated heterocycles. The summed E-state index contributed by atoms with van der Waals surface area (Å²) in [6, 6.07) is 3.50. The lowest BCUT2D eigenvalue weighted by molar-refractivity contribution is -0.384. The van der Waals surface area contributed by atoms with Crippen molar-refractivity contribution in [3.63, 3.8) is 0 Å². The van der Waals surface area contributed by atoms with E-state index in [1.807, 2.05) is 0 Å². The average Bonchev–Trinajstić information content (AvgIpc) is 2.83. The SMILES string of the molecule is O=C(O)c1nc(-c2ccc(Cl)cc2[N+](=O)[O-])oc1C(=O)O. The number of nitro groups is 1. The summed E-state index contributed by atoms with van der Waals surface area (Å²) in [5.41, 5.74) is -1.52. The minimum atomic E-state index is -1.65. The Bertz CT molecular complexity index is 736. The molecule has 1 aromatic heterocycles. The maximum absolute atomic E-state index is 11.0. The van der Waals surface area contributed by atoms with Gasteiger partial charge in [0.15, 0.2) is 0 Å². The van der Waals surface area contributed by atoms with Gasteiger partial charge in [-0.1, -0.05) is 11.6 Å². The molecule has 2 aromatic rings. The van der Waals surface area contributed by atoms with Gasteiger partial charge in [-0.25, -0.2) is 14.6 Å². The van der Waals surface area contributed by atoms with E-state index < -0.39 is 39.9 Å². The van der Waals surface area contributed by atoms with E-state index in [0.717, 1.165) is 6.07 Å². The molecule has 1 heterocycles. The predicted molar refractivity (Wildman–Crippen MR) is 67.5 cm³/mol. The summed E-state index contributed by atoms with van der Waals surface area (Å²) < 4.78 is 4.82. The van der Waals surface area contributed by atoms with Crippen LogP contribution in [0.4, 0.5) is 5.69 Å². The standard InChI is InChI=1S/C11H5ClN2O7/c12-4-1-2-5(6(3-4)14(19)20)9-13-7(10(15)16)8(21-9)11(17)18/h1-3H,(H,15,16)(H,17,18). The third kappa shape index (κ3) is 2.67. The molecule has 0 fully saturated rings. The van der Waals surface area contributed by atoms with Gasteiger partial charge in [-0.2, -0.15) is 0 Å². The number of aromatic nitrogens is 1. The van der Waals surface area contributed by atoms with E-state index in [9.17, 15) is 19.7 Å². The fraction of sp³-hybridized carbons (Fsp3) is 0. The Morgan fingerprint density at radius 1 is 1.29 bits per heavy atom. The molecule has 0 amide bonds. The summed E-state index contributed by atoms with van der Waals surface area (Å²) in [5.74, 6) is -4.68. The molecule has 0 aliphatic rings. The maximum atomic E-state index is 11.0. The Morgan fingerprint density at radius 3 is 2.43 bits per heavy atom. The summed E-state index contributed by atoms with van der Waals surface area (Å²) in [5, 5.41) is 28.7. The topological polar surface area (TPSA) is 144 Å². The quantitative estimate of drug-likeness (QED) is 0.646. The summed E-state index contributed by atoms with van der Waals surface area (Å²) in [6.07, 6.45) is 0. The molecule has 0 bridgehead atoms. The number of carbonyl (C=O) groups is 2.